The molecule has 1 fully saturated rings. The molecule has 1 aromatic heterocycles. The number of nitrogens with zero attached hydrogens (tertiary/aromatic N) is 3. The van der Waals surface area contributed by atoms with Gasteiger partial charge in [0.1, 0.15) is 11.9 Å². The highest BCUT2D eigenvalue weighted by molar-refractivity contribution is 5.89. The Morgan fingerprint density at radius 1 is 1.16 bits per heavy atom. The van der Waals surface area contributed by atoms with Gasteiger partial charge >= 0.3 is 5.97 Å². The molecule has 4 N–H and O–H groups in total. The second-order valence-corrected chi connectivity index (χ2v) is 7.65. The van der Waals surface area contributed by atoms with Crippen molar-refractivity contribution in [3.63, 3.8) is 0 Å². The summed E-state index contributed by atoms with van der Waals surface area (Å²) in [7, 11) is 0. The summed E-state index contributed by atoms with van der Waals surface area (Å²) < 4.78 is 6.02. The van der Waals surface area contributed by atoms with Gasteiger partial charge < -0.3 is 25.6 Å². The van der Waals surface area contributed by atoms with Crippen LogP contribution in [0.15, 0.2) is 42.5 Å². The molecule has 1 aliphatic heterocycles. The fourth-order valence-electron chi connectivity index (χ4n) is 3.94. The average molecular weight is 420 g/mol. The minimum absolute atomic E-state index is 0.122. The molecule has 31 heavy (non-hydrogen) atoms. The van der Waals surface area contributed by atoms with Crippen LogP contribution in [0.4, 0.5) is 11.5 Å². The van der Waals surface area contributed by atoms with Crippen LogP contribution < -0.4 is 10.6 Å². The van der Waals surface area contributed by atoms with E-state index in [0.29, 0.717) is 47.9 Å². The number of phenolic OH excluding ortho intramolecular Hbond substituents is 1. The van der Waals surface area contributed by atoms with Gasteiger partial charge in [-0.2, -0.15) is 0 Å². The van der Waals surface area contributed by atoms with Crippen LogP contribution in [-0.4, -0.2) is 46.1 Å². The maximum Gasteiger partial charge on any atom is 0.335 e. The smallest absolute Gasteiger partial charge is 0.335 e. The Morgan fingerprint density at radius 2 is 1.94 bits per heavy atom. The van der Waals surface area contributed by atoms with E-state index in [0.717, 1.165) is 16.8 Å². The molecule has 8 nitrogen and oxygen atoms in total. The summed E-state index contributed by atoms with van der Waals surface area (Å²) in [6, 6.07) is 12.3. The molecule has 0 spiro atoms. The number of carboxylic acid groups (broad SMARTS) is 1. The Bertz CT molecular complexity index is 1150. The van der Waals surface area contributed by atoms with Crippen molar-refractivity contribution in [1.82, 2.24) is 10.2 Å². The highest BCUT2D eigenvalue weighted by atomic mass is 16.5. The number of nitrogen functional groups attached to an aromatic ring is 1. The Labute approximate surface area is 179 Å². The highest BCUT2D eigenvalue weighted by Gasteiger charge is 2.26. The maximum atomic E-state index is 11.4. The minimum Gasteiger partial charge on any atom is -0.507 e. The van der Waals surface area contributed by atoms with Gasteiger partial charge in [-0.25, -0.2) is 4.79 Å². The monoisotopic (exact) mass is 420 g/mol. The number of nitrogens with two attached hydrogens (primary N) is 1. The van der Waals surface area contributed by atoms with Gasteiger partial charge in [-0.15, -0.1) is 10.2 Å². The lowest BCUT2D eigenvalue weighted by atomic mass is 9.95. The minimum atomic E-state index is -0.939. The third-order valence-corrected chi connectivity index (χ3v) is 5.58. The summed E-state index contributed by atoms with van der Waals surface area (Å²) in [5, 5.41) is 27.8. The lowest BCUT2D eigenvalue weighted by Crippen LogP contribution is -2.39. The van der Waals surface area contributed by atoms with Crippen LogP contribution in [0.5, 0.6) is 5.75 Å². The normalized spacial score (nSPS) is 16.3. The Balaban J connectivity index is 1.65. The van der Waals surface area contributed by atoms with Crippen molar-refractivity contribution in [1.29, 1.82) is 0 Å². The number of aryl methyl sites for hydroxylation is 2. The summed E-state index contributed by atoms with van der Waals surface area (Å²) in [5.74, 6) is -0.517. The van der Waals surface area contributed by atoms with E-state index < -0.39 is 5.97 Å². The van der Waals surface area contributed by atoms with Crippen molar-refractivity contribution in [2.45, 2.75) is 20.0 Å². The van der Waals surface area contributed by atoms with Crippen molar-refractivity contribution in [2.75, 3.05) is 30.3 Å². The van der Waals surface area contributed by atoms with Crippen LogP contribution in [0.2, 0.25) is 0 Å². The van der Waals surface area contributed by atoms with Crippen molar-refractivity contribution in [3.8, 4) is 17.0 Å². The van der Waals surface area contributed by atoms with Gasteiger partial charge in [0.2, 0.25) is 0 Å². The zero-order valence-electron chi connectivity index (χ0n) is 17.4. The molecule has 0 aliphatic carbocycles. The van der Waals surface area contributed by atoms with Gasteiger partial charge in [0, 0.05) is 18.7 Å². The first kappa shape index (κ1) is 20.6. The standard InChI is InChI=1S/C23H24N4O4/c1-13-10-17(23(29)30)14(2)9-16(13)21-12-27(7-8-31-21)19-11-18(25-26-22(19)24)15-5-3-4-6-20(15)28/h3-6,9-11,21,28H,7-8,12H2,1-2H3,(H2,24,26)(H,29,30)/t21-/m0/s1. The number of aromatic nitrogens is 2. The van der Waals surface area contributed by atoms with Gasteiger partial charge in [0.25, 0.3) is 0 Å². The SMILES string of the molecule is Cc1cc([C@@H]2CN(c3cc(-c4ccccc4O)nnc3N)CCO2)c(C)cc1C(=O)O. The number of rotatable bonds is 4. The number of benzene rings is 2. The second-order valence-electron chi connectivity index (χ2n) is 7.65. The number of morpholine rings is 1. The fraction of sp³-hybridized carbons (Fsp3) is 0.261. The topological polar surface area (TPSA) is 122 Å². The van der Waals surface area contributed by atoms with Crippen molar-refractivity contribution in [2.24, 2.45) is 0 Å². The first-order chi connectivity index (χ1) is 14.8. The third kappa shape index (κ3) is 4.02. The van der Waals surface area contributed by atoms with Gasteiger partial charge in [-0.3, -0.25) is 0 Å². The lowest BCUT2D eigenvalue weighted by molar-refractivity contribution is 0.0393. The van der Waals surface area contributed by atoms with E-state index in [1.165, 1.54) is 0 Å². The molecule has 1 atom stereocenters. The molecule has 1 saturated heterocycles. The number of hydrogen-bond donors (Lipinski definition) is 3. The van der Waals surface area contributed by atoms with E-state index in [4.69, 9.17) is 10.5 Å². The second kappa shape index (κ2) is 8.23. The number of hydrogen-bond acceptors (Lipinski definition) is 7. The zero-order valence-corrected chi connectivity index (χ0v) is 17.4. The van der Waals surface area contributed by atoms with Crippen LogP contribution in [0, 0.1) is 13.8 Å². The van der Waals surface area contributed by atoms with Gasteiger partial charge in [0.15, 0.2) is 5.82 Å². The Hall–Kier alpha value is -3.65. The van der Waals surface area contributed by atoms with Gasteiger partial charge in [-0.05, 0) is 54.8 Å². The molecule has 4 rings (SSSR count). The zero-order chi connectivity index (χ0) is 22.1. The van der Waals surface area contributed by atoms with Crippen molar-refractivity contribution in [3.05, 3.63) is 64.7 Å². The van der Waals surface area contributed by atoms with E-state index >= 15 is 0 Å². The molecular weight excluding hydrogens is 396 g/mol. The van der Waals surface area contributed by atoms with E-state index in [9.17, 15) is 15.0 Å². The summed E-state index contributed by atoms with van der Waals surface area (Å²) in [6.07, 6.45) is -0.239. The quantitative estimate of drug-likeness (QED) is 0.588. The van der Waals surface area contributed by atoms with Gasteiger partial charge in [0.05, 0.1) is 23.6 Å². The van der Waals surface area contributed by atoms with E-state index in [1.54, 1.807) is 31.2 Å². The van der Waals surface area contributed by atoms with Gasteiger partial charge in [-0.1, -0.05) is 18.2 Å². The number of ether oxygens (including phenoxy) is 1. The number of anilines is 2. The Kier molecular flexibility index (Phi) is 5.48. The number of aromatic hydroxyl groups is 1. The molecule has 0 bridgehead atoms. The predicted octanol–water partition coefficient (Wildman–Crippen LogP) is 3.32. The summed E-state index contributed by atoms with van der Waals surface area (Å²) >= 11 is 0. The largest absolute Gasteiger partial charge is 0.507 e. The number of carbonyl (C=O) groups is 1. The van der Waals surface area contributed by atoms with E-state index in [2.05, 4.69) is 15.1 Å². The van der Waals surface area contributed by atoms with Crippen LogP contribution in [0.25, 0.3) is 11.3 Å². The van der Waals surface area contributed by atoms with Crippen molar-refractivity contribution < 1.29 is 19.7 Å². The average Bonchev–Trinajstić information content (AvgIpc) is 2.76. The molecule has 2 aromatic carbocycles. The molecule has 160 valence electrons. The van der Waals surface area contributed by atoms with Crippen LogP contribution in [-0.2, 0) is 4.74 Å². The molecule has 8 heteroatoms. The van der Waals surface area contributed by atoms with Crippen LogP contribution in [0.3, 0.4) is 0 Å². The molecule has 0 amide bonds. The number of aromatic carboxylic acids is 1. The first-order valence-electron chi connectivity index (χ1n) is 9.97. The third-order valence-electron chi connectivity index (χ3n) is 5.58. The number of para-hydroxylation sites is 1. The highest BCUT2D eigenvalue weighted by Crippen LogP contribution is 2.34. The fourth-order valence-corrected chi connectivity index (χ4v) is 3.94. The van der Waals surface area contributed by atoms with Crippen LogP contribution >= 0.6 is 0 Å². The summed E-state index contributed by atoms with van der Waals surface area (Å²) in [5.41, 5.74) is 10.8. The Morgan fingerprint density at radius 3 is 2.68 bits per heavy atom. The summed E-state index contributed by atoms with van der Waals surface area (Å²) in [6.45, 7) is 5.32. The van der Waals surface area contributed by atoms with Crippen LogP contribution in [0.1, 0.15) is 33.2 Å². The molecule has 2 heterocycles. The number of carboxylic acids is 1. The first-order valence-corrected chi connectivity index (χ1v) is 9.97. The van der Waals surface area contributed by atoms with E-state index in [1.807, 2.05) is 25.1 Å². The van der Waals surface area contributed by atoms with Crippen molar-refractivity contribution >= 4 is 17.5 Å². The van der Waals surface area contributed by atoms with E-state index in [-0.39, 0.29) is 11.9 Å². The molecule has 1 aliphatic rings. The molecule has 0 radical (unpaired) electrons. The molecular formula is C23H24N4O4. The molecule has 3 aromatic rings. The lowest BCUT2D eigenvalue weighted by Gasteiger charge is -2.35. The molecule has 0 unspecified atom stereocenters. The maximum absolute atomic E-state index is 11.4. The molecule has 0 saturated carbocycles. The predicted molar refractivity (Wildman–Crippen MR) is 117 cm³/mol. The summed E-state index contributed by atoms with van der Waals surface area (Å²) in [4.78, 5) is 13.5. The number of phenols is 1.